The van der Waals surface area contributed by atoms with Crippen LogP contribution in [0.2, 0.25) is 0 Å². The van der Waals surface area contributed by atoms with Gasteiger partial charge in [0.2, 0.25) is 5.91 Å². The van der Waals surface area contributed by atoms with Gasteiger partial charge in [0.25, 0.3) is 5.91 Å². The highest BCUT2D eigenvalue weighted by Gasteiger charge is 2.46. The van der Waals surface area contributed by atoms with Crippen molar-refractivity contribution in [3.8, 4) is 5.75 Å². The van der Waals surface area contributed by atoms with E-state index in [0.29, 0.717) is 30.9 Å². The molecule has 9 nitrogen and oxygen atoms in total. The number of nitrogens with zero attached hydrogens (tertiary/aromatic N) is 2. The van der Waals surface area contributed by atoms with E-state index in [2.05, 4.69) is 15.7 Å². The number of carbonyl (C=O) groups excluding carboxylic acids is 2. The normalized spacial score (nSPS) is 20.9. The van der Waals surface area contributed by atoms with Gasteiger partial charge in [-0.2, -0.15) is 18.3 Å². The van der Waals surface area contributed by atoms with Crippen LogP contribution < -0.4 is 15.4 Å². The molecule has 13 heteroatoms. The molecule has 3 aliphatic rings. The molecule has 2 heterocycles. The molecule has 0 bridgehead atoms. The van der Waals surface area contributed by atoms with Crippen molar-refractivity contribution in [1.82, 2.24) is 15.1 Å². The van der Waals surface area contributed by atoms with Crippen molar-refractivity contribution in [2.24, 2.45) is 5.92 Å². The number of fused-ring (bicyclic) bond motifs is 3. The van der Waals surface area contributed by atoms with E-state index in [-0.39, 0.29) is 23.7 Å². The van der Waals surface area contributed by atoms with Crippen LogP contribution in [0.1, 0.15) is 53.0 Å². The number of nitrogens with one attached hydrogen (secondary N) is 2. The Labute approximate surface area is 211 Å². The molecule has 2 N–H and O–H groups in total. The van der Waals surface area contributed by atoms with Crippen LogP contribution >= 0.6 is 0 Å². The van der Waals surface area contributed by atoms with Gasteiger partial charge >= 0.3 is 6.18 Å². The van der Waals surface area contributed by atoms with Crippen LogP contribution in [0.4, 0.5) is 18.9 Å². The first-order valence-corrected chi connectivity index (χ1v) is 14.1. The van der Waals surface area contributed by atoms with Crippen molar-refractivity contribution in [2.75, 3.05) is 23.9 Å². The van der Waals surface area contributed by atoms with E-state index in [1.54, 1.807) is 16.8 Å². The summed E-state index contributed by atoms with van der Waals surface area (Å²) in [5.74, 6) is -1.23. The fourth-order valence-corrected chi connectivity index (χ4v) is 5.72. The zero-order chi connectivity index (χ0) is 26.6. The summed E-state index contributed by atoms with van der Waals surface area (Å²) in [6.45, 7) is -1.12. The molecule has 37 heavy (non-hydrogen) atoms. The molecule has 1 aromatic carbocycles. The maximum atomic E-state index is 13.4. The number of amides is 2. The van der Waals surface area contributed by atoms with Crippen LogP contribution in [0.5, 0.6) is 5.75 Å². The molecular formula is C24H27F3N4O5S. The Kier molecular flexibility index (Phi) is 6.24. The highest BCUT2D eigenvalue weighted by Crippen LogP contribution is 2.43. The van der Waals surface area contributed by atoms with E-state index in [4.69, 9.17) is 4.74 Å². The van der Waals surface area contributed by atoms with Crippen LogP contribution in [0.15, 0.2) is 18.2 Å². The number of benzene rings is 1. The summed E-state index contributed by atoms with van der Waals surface area (Å²) in [4.78, 5) is 25.8. The standard InChI is InChI=1S/C24H27F3N4O5S/c1-37(34,35)11-19(32)28-20-18(7-4-14-2-3-14)30-31-12-23(29-22(33)21(20)31)9-8-15-10-16(5-6-17(15)23)36-13-24(25,26)27/h5-6,10,14H,2-4,7-9,11-13H2,1H3,(H,28,32)(H,29,33)/t23-/m1/s1. The minimum atomic E-state index is -4.44. The van der Waals surface area contributed by atoms with Gasteiger partial charge in [-0.3, -0.25) is 14.3 Å². The number of halogens is 3. The predicted octanol–water partition coefficient (Wildman–Crippen LogP) is 2.74. The van der Waals surface area contributed by atoms with Crippen molar-refractivity contribution in [1.29, 1.82) is 0 Å². The number of hydrogen-bond acceptors (Lipinski definition) is 6. The van der Waals surface area contributed by atoms with E-state index >= 15 is 0 Å². The maximum Gasteiger partial charge on any atom is 0.422 e. The third kappa shape index (κ3) is 5.60. The number of carbonyl (C=O) groups is 2. The third-order valence-corrected chi connectivity index (χ3v) is 7.76. The highest BCUT2D eigenvalue weighted by molar-refractivity contribution is 7.91. The molecule has 1 aromatic heterocycles. The summed E-state index contributed by atoms with van der Waals surface area (Å²) in [5.41, 5.74) is 1.68. The lowest BCUT2D eigenvalue weighted by atomic mass is 9.89. The first kappa shape index (κ1) is 25.6. The predicted molar refractivity (Wildman–Crippen MR) is 127 cm³/mol. The molecule has 0 saturated heterocycles. The zero-order valence-corrected chi connectivity index (χ0v) is 21.0. The molecule has 2 aromatic rings. The minimum absolute atomic E-state index is 0.105. The van der Waals surface area contributed by atoms with Gasteiger partial charge in [-0.05, 0) is 54.9 Å². The van der Waals surface area contributed by atoms with Crippen molar-refractivity contribution < 1.29 is 35.9 Å². The monoisotopic (exact) mass is 540 g/mol. The number of sulfone groups is 1. The lowest BCUT2D eigenvalue weighted by Gasteiger charge is -2.36. The average Bonchev–Trinajstić information content (AvgIpc) is 3.47. The van der Waals surface area contributed by atoms with E-state index in [9.17, 15) is 31.2 Å². The maximum absolute atomic E-state index is 13.4. The molecule has 1 atom stereocenters. The minimum Gasteiger partial charge on any atom is -0.484 e. The lowest BCUT2D eigenvalue weighted by Crippen LogP contribution is -2.52. The van der Waals surface area contributed by atoms with Gasteiger partial charge in [-0.1, -0.05) is 18.9 Å². The van der Waals surface area contributed by atoms with Gasteiger partial charge in [0.1, 0.15) is 17.2 Å². The summed E-state index contributed by atoms with van der Waals surface area (Å²) in [7, 11) is -3.57. The number of aryl methyl sites for hydroxylation is 2. The third-order valence-electron chi connectivity index (χ3n) is 6.97. The summed E-state index contributed by atoms with van der Waals surface area (Å²) in [6.07, 6.45) is 1.20. The van der Waals surface area contributed by atoms with Crippen LogP contribution in [-0.2, 0) is 39.6 Å². The van der Waals surface area contributed by atoms with Crippen LogP contribution in [-0.4, -0.2) is 54.8 Å². The topological polar surface area (TPSA) is 119 Å². The number of rotatable bonds is 8. The Morgan fingerprint density at radius 2 is 2.08 bits per heavy atom. The lowest BCUT2D eigenvalue weighted by molar-refractivity contribution is -0.153. The number of ether oxygens (including phenoxy) is 1. The average molecular weight is 541 g/mol. The summed E-state index contributed by atoms with van der Waals surface area (Å²) in [6, 6.07) is 4.70. The van der Waals surface area contributed by atoms with Gasteiger partial charge in [0.15, 0.2) is 16.4 Å². The molecule has 200 valence electrons. The van der Waals surface area contributed by atoms with E-state index in [1.807, 2.05) is 0 Å². The Hall–Kier alpha value is -3.09. The van der Waals surface area contributed by atoms with Crippen molar-refractivity contribution >= 4 is 27.3 Å². The van der Waals surface area contributed by atoms with Gasteiger partial charge in [-0.25, -0.2) is 8.42 Å². The molecule has 0 unspecified atom stereocenters. The summed E-state index contributed by atoms with van der Waals surface area (Å²) in [5, 5.41) is 10.3. The van der Waals surface area contributed by atoms with Gasteiger partial charge in [0, 0.05) is 6.26 Å². The largest absolute Gasteiger partial charge is 0.484 e. The van der Waals surface area contributed by atoms with Crippen molar-refractivity contribution in [3.63, 3.8) is 0 Å². The fourth-order valence-electron chi connectivity index (χ4n) is 5.17. The Bertz CT molecular complexity index is 1370. The molecule has 2 aliphatic carbocycles. The zero-order valence-electron chi connectivity index (χ0n) is 20.2. The first-order valence-electron chi connectivity index (χ1n) is 12.0. The molecule has 0 radical (unpaired) electrons. The molecule has 1 fully saturated rings. The summed E-state index contributed by atoms with van der Waals surface area (Å²) >= 11 is 0. The van der Waals surface area contributed by atoms with E-state index in [0.717, 1.165) is 36.6 Å². The first-order chi connectivity index (χ1) is 17.3. The highest BCUT2D eigenvalue weighted by atomic mass is 32.2. The van der Waals surface area contributed by atoms with Crippen molar-refractivity contribution in [2.45, 2.75) is 56.8 Å². The second-order valence-electron chi connectivity index (χ2n) is 10.2. The SMILES string of the molecule is CS(=O)(=O)CC(=O)Nc1c(CCC2CC2)nn2c1C(=O)N[C@]1(CCc3cc(OCC(F)(F)F)ccc31)C2. The smallest absolute Gasteiger partial charge is 0.422 e. The van der Waals surface area contributed by atoms with Crippen LogP contribution in [0, 0.1) is 5.92 Å². The molecule has 1 saturated carbocycles. The number of aromatic nitrogens is 2. The molecule has 5 rings (SSSR count). The van der Waals surface area contributed by atoms with Crippen LogP contribution in [0.25, 0.3) is 0 Å². The number of alkyl halides is 3. The van der Waals surface area contributed by atoms with Crippen LogP contribution in [0.3, 0.4) is 0 Å². The second-order valence-corrected chi connectivity index (χ2v) is 12.3. The molecular weight excluding hydrogens is 513 g/mol. The van der Waals surface area contributed by atoms with Gasteiger partial charge < -0.3 is 15.4 Å². The van der Waals surface area contributed by atoms with Gasteiger partial charge in [-0.15, -0.1) is 0 Å². The number of hydrogen-bond donors (Lipinski definition) is 2. The Balaban J connectivity index is 1.43. The molecule has 1 spiro atoms. The second kappa shape index (κ2) is 9.03. The quantitative estimate of drug-likeness (QED) is 0.532. The van der Waals surface area contributed by atoms with Gasteiger partial charge in [0.05, 0.1) is 23.5 Å². The van der Waals surface area contributed by atoms with E-state index in [1.165, 1.54) is 6.07 Å². The van der Waals surface area contributed by atoms with Crippen molar-refractivity contribution in [3.05, 3.63) is 40.7 Å². The number of anilines is 1. The Morgan fingerprint density at radius 1 is 1.32 bits per heavy atom. The molecule has 1 aliphatic heterocycles. The molecule has 2 amide bonds. The van der Waals surface area contributed by atoms with E-state index < -0.39 is 45.7 Å². The Morgan fingerprint density at radius 3 is 2.76 bits per heavy atom. The fraction of sp³-hybridized carbons (Fsp3) is 0.542. The summed E-state index contributed by atoms with van der Waals surface area (Å²) < 4.78 is 67.3.